The average Bonchev–Trinajstić information content (AvgIpc) is 3.55. The van der Waals surface area contributed by atoms with Gasteiger partial charge in [-0.05, 0) is 74.1 Å². The van der Waals surface area contributed by atoms with Gasteiger partial charge in [0.25, 0.3) is 0 Å². The molecule has 3 unspecified atom stereocenters. The molecule has 0 amide bonds. The number of aliphatic hydroxyl groups is 1. The Morgan fingerprint density at radius 2 is 2.00 bits per heavy atom. The number of nitrogens with zero attached hydrogens (tertiary/aromatic N) is 3. The normalized spacial score (nSPS) is 28.4. The molecule has 43 heavy (non-hydrogen) atoms. The number of nitriles is 1. The number of aromatic nitrogens is 2. The summed E-state index contributed by atoms with van der Waals surface area (Å²) < 4.78 is 33.8. The van der Waals surface area contributed by atoms with Crippen LogP contribution in [0.1, 0.15) is 66.8 Å². The van der Waals surface area contributed by atoms with Crippen LogP contribution in [-0.2, 0) is 21.7 Å². The van der Waals surface area contributed by atoms with Gasteiger partial charge >= 0.3 is 0 Å². The summed E-state index contributed by atoms with van der Waals surface area (Å²) >= 11 is 14.4. The fourth-order valence-corrected chi connectivity index (χ4v) is 9.26. The molecular weight excluding hydrogens is 612 g/mol. The number of hydrogen-bond donors (Lipinski definition) is 1. The van der Waals surface area contributed by atoms with Crippen molar-refractivity contribution in [3.05, 3.63) is 68.1 Å². The van der Waals surface area contributed by atoms with Crippen LogP contribution >= 0.6 is 34.5 Å². The van der Waals surface area contributed by atoms with Crippen LogP contribution in [0, 0.1) is 34.9 Å². The van der Waals surface area contributed by atoms with Gasteiger partial charge in [0.15, 0.2) is 5.82 Å². The molecule has 3 fully saturated rings. The minimum atomic E-state index is -1.24. The van der Waals surface area contributed by atoms with Crippen LogP contribution in [0.4, 0.5) is 4.39 Å². The summed E-state index contributed by atoms with van der Waals surface area (Å²) in [5, 5.41) is 27.6. The van der Waals surface area contributed by atoms with Gasteiger partial charge in [-0.3, -0.25) is 0 Å². The van der Waals surface area contributed by atoms with E-state index in [0.29, 0.717) is 50.5 Å². The predicted octanol–water partition coefficient (Wildman–Crippen LogP) is 8.00. The summed E-state index contributed by atoms with van der Waals surface area (Å²) in [5.74, 6) is 0.340. The van der Waals surface area contributed by atoms with Crippen LogP contribution < -0.4 is 0 Å². The summed E-state index contributed by atoms with van der Waals surface area (Å²) in [6.45, 7) is 2.71. The Morgan fingerprint density at radius 3 is 2.67 bits per heavy atom. The third-order valence-electron chi connectivity index (χ3n) is 9.56. The van der Waals surface area contributed by atoms with Gasteiger partial charge < -0.3 is 19.1 Å². The maximum absolute atomic E-state index is 14.8. The molecule has 7 rings (SSSR count). The van der Waals surface area contributed by atoms with E-state index in [1.165, 1.54) is 17.4 Å². The minimum Gasteiger partial charge on any atom is -0.382 e. The van der Waals surface area contributed by atoms with E-state index in [0.717, 1.165) is 30.6 Å². The van der Waals surface area contributed by atoms with Gasteiger partial charge in [-0.2, -0.15) is 5.26 Å². The number of hydrogen-bond acceptors (Lipinski definition) is 8. The van der Waals surface area contributed by atoms with E-state index in [2.05, 4.69) is 17.1 Å². The SMILES string of the molecule is COCC1(OCc2c(-c3c(Cl)cccc3Cl)noc2C2CC2)CC2C(C)C[C@H](C1)[C@@]2(O)c1nc2c(F)cc(C#N)cc2s1. The highest BCUT2D eigenvalue weighted by atomic mass is 35.5. The van der Waals surface area contributed by atoms with Crippen molar-refractivity contribution in [2.75, 3.05) is 13.7 Å². The molecule has 2 heterocycles. The van der Waals surface area contributed by atoms with Gasteiger partial charge in [-0.25, -0.2) is 9.37 Å². The van der Waals surface area contributed by atoms with Crippen LogP contribution in [0.25, 0.3) is 21.5 Å². The van der Waals surface area contributed by atoms with Crippen LogP contribution in [0.2, 0.25) is 10.0 Å². The highest BCUT2D eigenvalue weighted by Gasteiger charge is 2.63. The molecule has 1 N–H and O–H groups in total. The zero-order valence-electron chi connectivity index (χ0n) is 23.7. The highest BCUT2D eigenvalue weighted by molar-refractivity contribution is 7.18. The molecule has 0 aliphatic heterocycles. The largest absolute Gasteiger partial charge is 0.382 e. The zero-order chi connectivity index (χ0) is 30.1. The van der Waals surface area contributed by atoms with Crippen molar-refractivity contribution in [3.8, 4) is 17.3 Å². The molecule has 5 atom stereocenters. The third-order valence-corrected chi connectivity index (χ3v) is 11.3. The molecule has 0 saturated heterocycles. The number of rotatable bonds is 8. The molecule has 0 radical (unpaired) electrons. The van der Waals surface area contributed by atoms with E-state index in [1.54, 1.807) is 31.4 Å². The highest BCUT2D eigenvalue weighted by Crippen LogP contribution is 2.62. The Hall–Kier alpha value is -2.58. The molecule has 3 aliphatic rings. The van der Waals surface area contributed by atoms with Gasteiger partial charge in [0, 0.05) is 24.2 Å². The molecule has 4 aromatic rings. The topological polar surface area (TPSA) is 101 Å². The average molecular weight is 643 g/mol. The molecular formula is C32H30Cl2FN3O4S. The molecule has 224 valence electrons. The number of methoxy groups -OCH3 is 1. The van der Waals surface area contributed by atoms with Crippen molar-refractivity contribution >= 4 is 44.8 Å². The molecule has 0 spiro atoms. The molecule has 7 nitrogen and oxygen atoms in total. The van der Waals surface area contributed by atoms with Crippen molar-refractivity contribution in [1.82, 2.24) is 10.1 Å². The van der Waals surface area contributed by atoms with E-state index in [-0.39, 0.29) is 41.4 Å². The Morgan fingerprint density at radius 1 is 1.23 bits per heavy atom. The lowest BCUT2D eigenvalue weighted by Gasteiger charge is -2.48. The second-order valence-electron chi connectivity index (χ2n) is 12.3. The number of thiazole rings is 1. The Kier molecular flexibility index (Phi) is 7.32. The van der Waals surface area contributed by atoms with Crippen molar-refractivity contribution in [2.45, 2.75) is 62.8 Å². The lowest BCUT2D eigenvalue weighted by atomic mass is 9.67. The van der Waals surface area contributed by atoms with E-state index in [1.807, 2.05) is 6.07 Å². The summed E-state index contributed by atoms with van der Waals surface area (Å²) in [5.41, 5.74) is 0.541. The second-order valence-corrected chi connectivity index (χ2v) is 14.2. The molecule has 2 aromatic heterocycles. The number of ether oxygens (including phenoxy) is 2. The summed E-state index contributed by atoms with van der Waals surface area (Å²) in [6.07, 6.45) is 3.89. The number of halogens is 3. The smallest absolute Gasteiger partial charge is 0.151 e. The summed E-state index contributed by atoms with van der Waals surface area (Å²) in [7, 11) is 1.66. The minimum absolute atomic E-state index is 0.180. The Bertz CT molecular complexity index is 1750. The van der Waals surface area contributed by atoms with Crippen LogP contribution in [0.5, 0.6) is 0 Å². The lowest BCUT2D eigenvalue weighted by Crippen LogP contribution is -2.53. The Labute approximate surface area is 262 Å². The fraction of sp³-hybridized carbons (Fsp3) is 0.469. The molecule has 11 heteroatoms. The van der Waals surface area contributed by atoms with Crippen molar-refractivity contribution in [3.63, 3.8) is 0 Å². The molecule has 2 bridgehead atoms. The van der Waals surface area contributed by atoms with Gasteiger partial charge in [-0.15, -0.1) is 11.3 Å². The summed E-state index contributed by atoms with van der Waals surface area (Å²) in [6, 6.07) is 10.2. The van der Waals surface area contributed by atoms with Gasteiger partial charge in [0.05, 0.1) is 45.2 Å². The fourth-order valence-electron chi connectivity index (χ4n) is 7.43. The van der Waals surface area contributed by atoms with Crippen molar-refractivity contribution in [2.24, 2.45) is 17.8 Å². The van der Waals surface area contributed by atoms with Gasteiger partial charge in [0.1, 0.15) is 27.6 Å². The first kappa shape index (κ1) is 29.1. The van der Waals surface area contributed by atoms with E-state index in [9.17, 15) is 14.8 Å². The molecule has 3 aliphatic carbocycles. The monoisotopic (exact) mass is 641 g/mol. The Balaban J connectivity index is 1.22. The third kappa shape index (κ3) is 4.78. The van der Waals surface area contributed by atoms with Crippen molar-refractivity contribution < 1.29 is 23.5 Å². The number of fused-ring (bicyclic) bond motifs is 3. The second kappa shape index (κ2) is 10.8. The van der Waals surface area contributed by atoms with Gasteiger partial charge in [0.2, 0.25) is 0 Å². The first-order valence-electron chi connectivity index (χ1n) is 14.5. The first-order chi connectivity index (χ1) is 20.7. The number of benzene rings is 2. The quantitative estimate of drug-likeness (QED) is 0.208. The predicted molar refractivity (Wildman–Crippen MR) is 162 cm³/mol. The van der Waals surface area contributed by atoms with Gasteiger partial charge in [-0.1, -0.05) is 41.3 Å². The van der Waals surface area contributed by atoms with Crippen LogP contribution in [0.3, 0.4) is 0 Å². The lowest BCUT2D eigenvalue weighted by molar-refractivity contribution is -0.186. The maximum atomic E-state index is 14.8. The first-order valence-corrected chi connectivity index (χ1v) is 16.0. The zero-order valence-corrected chi connectivity index (χ0v) is 26.0. The van der Waals surface area contributed by atoms with E-state index in [4.69, 9.17) is 37.2 Å². The van der Waals surface area contributed by atoms with E-state index >= 15 is 0 Å². The molecule has 3 saturated carbocycles. The van der Waals surface area contributed by atoms with Crippen LogP contribution in [0.15, 0.2) is 34.9 Å². The maximum Gasteiger partial charge on any atom is 0.151 e. The standard InChI is InChI=1S/C32H30Cl2FN3O4S/c1-16-8-19-11-31(15-40-2,12-21(16)32(19,39)30-37-28-24(35)9-17(13-36)10-25(28)43-30)41-14-20-27(38-42-29(20)18-6-7-18)26-22(33)4-3-5-23(26)34/h3-5,9-10,16,18-19,21,39H,6-8,11-12,14-15H2,1-2H3/t16?,19-,21?,31?,32+/m1/s1. The van der Waals surface area contributed by atoms with Crippen molar-refractivity contribution in [1.29, 1.82) is 5.26 Å². The van der Waals surface area contributed by atoms with Crippen LogP contribution in [-0.4, -0.2) is 34.6 Å². The molecule has 2 aromatic carbocycles. The van der Waals surface area contributed by atoms with E-state index < -0.39 is 17.0 Å². The summed E-state index contributed by atoms with van der Waals surface area (Å²) in [4.78, 5) is 4.60.